The van der Waals surface area contributed by atoms with Crippen molar-refractivity contribution in [3.63, 3.8) is 0 Å². The normalized spacial score (nSPS) is 14.5. The van der Waals surface area contributed by atoms with Crippen LogP contribution in [0.25, 0.3) is 10.9 Å². The minimum absolute atomic E-state index is 0.0112. The lowest BCUT2D eigenvalue weighted by Crippen LogP contribution is -2.30. The van der Waals surface area contributed by atoms with E-state index < -0.39 is 6.04 Å². The van der Waals surface area contributed by atoms with Gasteiger partial charge in [-0.05, 0) is 30.5 Å². The molecule has 1 aliphatic rings. The standard InChI is InChI=1S/C30H30N2O3/c1-20-7-9-21(10-8-20)13-14-31-29(23-5-3-2-4-6-23)30(34)26-17-32-27-16-24(11-12-25(26)27)28(33)15-22-18-35-19-22/h2-12,16-17,22,29,31-32H,13-15,18-19H2,1H3/t29-/m0/s1. The first kappa shape index (κ1) is 23.2. The van der Waals surface area contributed by atoms with Gasteiger partial charge in [0.05, 0.1) is 19.3 Å². The molecule has 4 aromatic rings. The van der Waals surface area contributed by atoms with Gasteiger partial charge in [0.1, 0.15) is 0 Å². The maximum Gasteiger partial charge on any atom is 0.186 e. The van der Waals surface area contributed by atoms with Gasteiger partial charge in [0.2, 0.25) is 0 Å². The summed E-state index contributed by atoms with van der Waals surface area (Å²) in [6, 6.07) is 23.4. The number of carbonyl (C=O) groups is 2. The maximum atomic E-state index is 13.8. The molecule has 5 rings (SSSR count). The Labute approximate surface area is 205 Å². The summed E-state index contributed by atoms with van der Waals surface area (Å²) in [5, 5.41) is 4.32. The molecule has 178 valence electrons. The molecule has 5 heteroatoms. The number of nitrogens with one attached hydrogen (secondary N) is 2. The van der Waals surface area contributed by atoms with Gasteiger partial charge in [-0.2, -0.15) is 0 Å². The Morgan fingerprint density at radius 1 is 1.03 bits per heavy atom. The van der Waals surface area contributed by atoms with Crippen molar-refractivity contribution in [2.45, 2.75) is 25.8 Å². The average molecular weight is 467 g/mol. The van der Waals surface area contributed by atoms with E-state index in [9.17, 15) is 9.59 Å². The topological polar surface area (TPSA) is 71.2 Å². The summed E-state index contributed by atoms with van der Waals surface area (Å²) in [6.45, 7) is 4.08. The van der Waals surface area contributed by atoms with Gasteiger partial charge in [0, 0.05) is 47.1 Å². The van der Waals surface area contributed by atoms with Crippen LogP contribution in [-0.2, 0) is 11.2 Å². The highest BCUT2D eigenvalue weighted by molar-refractivity contribution is 6.11. The van der Waals surface area contributed by atoms with Crippen molar-refractivity contribution in [1.82, 2.24) is 10.3 Å². The fourth-order valence-corrected chi connectivity index (χ4v) is 4.56. The molecule has 0 radical (unpaired) electrons. The van der Waals surface area contributed by atoms with Crippen molar-refractivity contribution in [3.8, 4) is 0 Å². The molecule has 2 heterocycles. The number of ketones is 2. The number of hydrogen-bond acceptors (Lipinski definition) is 4. The fourth-order valence-electron chi connectivity index (χ4n) is 4.56. The zero-order valence-corrected chi connectivity index (χ0v) is 19.9. The molecule has 0 bridgehead atoms. The Morgan fingerprint density at radius 3 is 2.51 bits per heavy atom. The smallest absolute Gasteiger partial charge is 0.186 e. The van der Waals surface area contributed by atoms with Crippen LogP contribution in [0.4, 0.5) is 0 Å². The first-order valence-corrected chi connectivity index (χ1v) is 12.2. The molecule has 1 fully saturated rings. The van der Waals surface area contributed by atoms with Crippen molar-refractivity contribution < 1.29 is 14.3 Å². The van der Waals surface area contributed by atoms with Crippen LogP contribution in [0.2, 0.25) is 0 Å². The quantitative estimate of drug-likeness (QED) is 0.305. The average Bonchev–Trinajstić information content (AvgIpc) is 3.28. The van der Waals surface area contributed by atoms with Crippen LogP contribution in [0.1, 0.15) is 49.9 Å². The zero-order valence-electron chi connectivity index (χ0n) is 19.9. The van der Waals surface area contributed by atoms with Crippen LogP contribution in [-0.4, -0.2) is 36.3 Å². The largest absolute Gasteiger partial charge is 0.381 e. The summed E-state index contributed by atoms with van der Waals surface area (Å²) >= 11 is 0. The first-order valence-electron chi connectivity index (χ1n) is 12.2. The second-order valence-corrected chi connectivity index (χ2v) is 9.39. The van der Waals surface area contributed by atoms with Crippen LogP contribution < -0.4 is 5.32 Å². The molecule has 0 aliphatic carbocycles. The lowest BCUT2D eigenvalue weighted by molar-refractivity contribution is -0.0321. The van der Waals surface area contributed by atoms with Crippen LogP contribution in [0, 0.1) is 12.8 Å². The molecule has 1 aliphatic heterocycles. The lowest BCUT2D eigenvalue weighted by atomic mass is 9.94. The second-order valence-electron chi connectivity index (χ2n) is 9.39. The lowest BCUT2D eigenvalue weighted by Gasteiger charge is -2.25. The molecular weight excluding hydrogens is 436 g/mol. The third kappa shape index (κ3) is 5.26. The number of ether oxygens (including phenoxy) is 1. The molecular formula is C30H30N2O3. The molecule has 35 heavy (non-hydrogen) atoms. The van der Waals surface area contributed by atoms with E-state index in [0.717, 1.165) is 22.9 Å². The Bertz CT molecular complexity index is 1320. The number of fused-ring (bicyclic) bond motifs is 1. The Kier molecular flexibility index (Phi) is 6.89. The van der Waals surface area contributed by atoms with E-state index in [1.165, 1.54) is 11.1 Å². The molecule has 0 amide bonds. The van der Waals surface area contributed by atoms with E-state index in [-0.39, 0.29) is 11.6 Å². The van der Waals surface area contributed by atoms with Gasteiger partial charge in [0.25, 0.3) is 0 Å². The summed E-state index contributed by atoms with van der Waals surface area (Å²) in [5.41, 5.74) is 5.50. The van der Waals surface area contributed by atoms with E-state index >= 15 is 0 Å². The number of H-pyrrole nitrogens is 1. The third-order valence-corrected chi connectivity index (χ3v) is 6.73. The van der Waals surface area contributed by atoms with Crippen LogP contribution in [0.15, 0.2) is 79.0 Å². The Balaban J connectivity index is 1.35. The zero-order chi connectivity index (χ0) is 24.2. The third-order valence-electron chi connectivity index (χ3n) is 6.73. The van der Waals surface area contributed by atoms with E-state index in [1.807, 2.05) is 48.5 Å². The summed E-state index contributed by atoms with van der Waals surface area (Å²) < 4.78 is 5.19. The van der Waals surface area contributed by atoms with Gasteiger partial charge in [-0.3, -0.25) is 9.59 Å². The molecule has 5 nitrogen and oxygen atoms in total. The van der Waals surface area contributed by atoms with Gasteiger partial charge >= 0.3 is 0 Å². The van der Waals surface area contributed by atoms with Gasteiger partial charge in [0.15, 0.2) is 11.6 Å². The molecule has 0 spiro atoms. The van der Waals surface area contributed by atoms with Gasteiger partial charge in [-0.1, -0.05) is 72.3 Å². The summed E-state index contributed by atoms with van der Waals surface area (Å²) in [5.74, 6) is 0.441. The molecule has 1 atom stereocenters. The molecule has 2 N–H and O–H groups in total. The van der Waals surface area contributed by atoms with E-state index in [4.69, 9.17) is 4.74 Å². The molecule has 1 aromatic heterocycles. The number of hydrogen-bond donors (Lipinski definition) is 2. The minimum atomic E-state index is -0.458. The highest BCUT2D eigenvalue weighted by Gasteiger charge is 2.25. The number of Topliss-reactive ketones (excluding diaryl/α,β-unsaturated/α-hetero) is 2. The first-order chi connectivity index (χ1) is 17.1. The number of rotatable bonds is 10. The predicted molar refractivity (Wildman–Crippen MR) is 138 cm³/mol. The maximum absolute atomic E-state index is 13.8. The van der Waals surface area contributed by atoms with Crippen molar-refractivity contribution >= 4 is 22.5 Å². The number of aromatic nitrogens is 1. The molecule has 3 aromatic carbocycles. The van der Waals surface area contributed by atoms with Crippen LogP contribution in [0.5, 0.6) is 0 Å². The number of benzene rings is 3. The van der Waals surface area contributed by atoms with Crippen LogP contribution >= 0.6 is 0 Å². The van der Waals surface area contributed by atoms with Gasteiger partial charge in [-0.15, -0.1) is 0 Å². The SMILES string of the molecule is Cc1ccc(CCN[C@H](C(=O)c2c[nH]c3cc(C(=O)CC4COC4)ccc23)c2ccccc2)cc1. The Hall–Kier alpha value is -3.54. The van der Waals surface area contributed by atoms with Crippen molar-refractivity contribution in [3.05, 3.63) is 107 Å². The van der Waals surface area contributed by atoms with Crippen LogP contribution in [0.3, 0.4) is 0 Å². The van der Waals surface area contributed by atoms with Gasteiger partial charge in [-0.25, -0.2) is 0 Å². The molecule has 0 saturated carbocycles. The summed E-state index contributed by atoms with van der Waals surface area (Å²) in [6.07, 6.45) is 3.10. The monoisotopic (exact) mass is 466 g/mol. The van der Waals surface area contributed by atoms with E-state index in [0.29, 0.717) is 43.2 Å². The van der Waals surface area contributed by atoms with Gasteiger partial charge < -0.3 is 15.0 Å². The van der Waals surface area contributed by atoms with Crippen molar-refractivity contribution in [1.29, 1.82) is 0 Å². The number of carbonyl (C=O) groups excluding carboxylic acids is 2. The number of aromatic amines is 1. The Morgan fingerprint density at radius 2 is 1.80 bits per heavy atom. The molecule has 1 saturated heterocycles. The minimum Gasteiger partial charge on any atom is -0.381 e. The molecule has 0 unspecified atom stereocenters. The summed E-state index contributed by atoms with van der Waals surface area (Å²) in [4.78, 5) is 29.6. The van der Waals surface area contributed by atoms with E-state index in [1.54, 1.807) is 6.20 Å². The highest BCUT2D eigenvalue weighted by Crippen LogP contribution is 2.27. The number of aryl methyl sites for hydroxylation is 1. The fraction of sp³-hybridized carbons (Fsp3) is 0.267. The summed E-state index contributed by atoms with van der Waals surface area (Å²) in [7, 11) is 0. The van der Waals surface area contributed by atoms with Crippen molar-refractivity contribution in [2.24, 2.45) is 5.92 Å². The van der Waals surface area contributed by atoms with Crippen molar-refractivity contribution in [2.75, 3.05) is 19.8 Å². The second kappa shape index (κ2) is 10.4. The van der Waals surface area contributed by atoms with E-state index in [2.05, 4.69) is 41.5 Å². The highest BCUT2D eigenvalue weighted by atomic mass is 16.5. The predicted octanol–water partition coefficient (Wildman–Crippen LogP) is 5.45.